The second-order valence-electron chi connectivity index (χ2n) is 9.75. The minimum Gasteiger partial charge on any atom is -0.379 e. The molecule has 1 unspecified atom stereocenters. The van der Waals surface area contributed by atoms with Crippen molar-refractivity contribution in [1.29, 1.82) is 5.26 Å². The van der Waals surface area contributed by atoms with Gasteiger partial charge in [-0.3, -0.25) is 14.7 Å². The maximum atomic E-state index is 10.7. The third-order valence-corrected chi connectivity index (χ3v) is 7.74. The molecule has 31 heavy (non-hydrogen) atoms. The van der Waals surface area contributed by atoms with E-state index in [0.717, 1.165) is 52.1 Å². The van der Waals surface area contributed by atoms with Crippen LogP contribution in [0.1, 0.15) is 37.2 Å². The molecule has 1 saturated carbocycles. The monoisotopic (exact) mass is 425 g/mol. The number of aliphatic hydroxyl groups excluding tert-OH is 1. The second-order valence-corrected chi connectivity index (χ2v) is 9.75. The first-order valence-corrected chi connectivity index (χ1v) is 11.9. The summed E-state index contributed by atoms with van der Waals surface area (Å²) in [6.45, 7) is 6.51. The summed E-state index contributed by atoms with van der Waals surface area (Å²) in [5.74, 6) is 0.672. The lowest BCUT2D eigenvalue weighted by Crippen LogP contribution is -2.75. The largest absolute Gasteiger partial charge is 0.379 e. The Morgan fingerprint density at radius 1 is 1.10 bits per heavy atom. The summed E-state index contributed by atoms with van der Waals surface area (Å²) >= 11 is 0. The number of likely N-dealkylation sites (tertiary alicyclic amines) is 2. The van der Waals surface area contributed by atoms with E-state index in [2.05, 4.69) is 56.4 Å². The summed E-state index contributed by atoms with van der Waals surface area (Å²) in [6.07, 6.45) is 3.50. The Bertz CT molecular complexity index is 764. The zero-order chi connectivity index (χ0) is 21.3. The molecule has 1 aromatic rings. The molecule has 1 aliphatic carbocycles. The van der Waals surface area contributed by atoms with Crippen LogP contribution in [-0.4, -0.2) is 96.3 Å². The van der Waals surface area contributed by atoms with Gasteiger partial charge in [-0.25, -0.2) is 0 Å². The van der Waals surface area contributed by atoms with Gasteiger partial charge in [-0.05, 0) is 24.8 Å². The van der Waals surface area contributed by atoms with Crippen LogP contribution >= 0.6 is 0 Å². The molecule has 0 radical (unpaired) electrons. The highest BCUT2D eigenvalue weighted by molar-refractivity contribution is 5.27. The van der Waals surface area contributed by atoms with Gasteiger partial charge in [0.2, 0.25) is 0 Å². The van der Waals surface area contributed by atoms with Gasteiger partial charge in [0.05, 0.1) is 31.2 Å². The zero-order valence-corrected chi connectivity index (χ0v) is 18.3. The van der Waals surface area contributed by atoms with Crippen molar-refractivity contribution < 1.29 is 9.84 Å². The normalized spacial score (nSPS) is 31.0. The topological polar surface area (TPSA) is 75.0 Å². The van der Waals surface area contributed by atoms with Crippen molar-refractivity contribution in [2.24, 2.45) is 0 Å². The summed E-state index contributed by atoms with van der Waals surface area (Å²) in [7, 11) is 0. The molecular formula is C24H35N5O2. The molecule has 7 nitrogen and oxygen atoms in total. The van der Waals surface area contributed by atoms with Crippen molar-refractivity contribution in [3.63, 3.8) is 0 Å². The predicted molar refractivity (Wildman–Crippen MR) is 118 cm³/mol. The van der Waals surface area contributed by atoms with Crippen molar-refractivity contribution in [3.05, 3.63) is 35.9 Å². The van der Waals surface area contributed by atoms with Crippen molar-refractivity contribution in [1.82, 2.24) is 20.0 Å². The van der Waals surface area contributed by atoms with E-state index in [4.69, 9.17) is 4.74 Å². The van der Waals surface area contributed by atoms with E-state index in [-0.39, 0.29) is 5.54 Å². The van der Waals surface area contributed by atoms with Gasteiger partial charge < -0.3 is 15.2 Å². The van der Waals surface area contributed by atoms with Crippen LogP contribution in [0.2, 0.25) is 0 Å². The highest BCUT2D eigenvalue weighted by atomic mass is 16.5. The lowest BCUT2D eigenvalue weighted by atomic mass is 9.83. The number of hydrogen-bond donors (Lipinski definition) is 2. The fraction of sp³-hybridized carbons (Fsp3) is 0.708. The first-order chi connectivity index (χ1) is 15.2. The number of nitrogens with one attached hydrogen (secondary N) is 1. The smallest absolute Gasteiger partial charge is 0.165 e. The maximum Gasteiger partial charge on any atom is 0.165 e. The Kier molecular flexibility index (Phi) is 6.29. The number of nitrogens with zero attached hydrogens (tertiary/aromatic N) is 4. The van der Waals surface area contributed by atoms with E-state index in [9.17, 15) is 10.4 Å². The lowest BCUT2D eigenvalue weighted by Gasteiger charge is -2.58. The van der Waals surface area contributed by atoms with Crippen LogP contribution in [0.15, 0.2) is 30.3 Å². The number of aliphatic hydroxyl groups is 1. The molecule has 3 atom stereocenters. The molecule has 5 rings (SSSR count). The summed E-state index contributed by atoms with van der Waals surface area (Å²) in [5.41, 5.74) is 1.36. The van der Waals surface area contributed by atoms with E-state index in [1.54, 1.807) is 0 Å². The average Bonchev–Trinajstić information content (AvgIpc) is 3.56. The second kappa shape index (κ2) is 9.14. The molecule has 0 spiro atoms. The molecule has 7 heteroatoms. The zero-order valence-electron chi connectivity index (χ0n) is 18.3. The summed E-state index contributed by atoms with van der Waals surface area (Å²) in [6, 6.07) is 14.5. The number of benzene rings is 1. The van der Waals surface area contributed by atoms with E-state index in [1.807, 2.05) is 0 Å². The Morgan fingerprint density at radius 2 is 1.81 bits per heavy atom. The van der Waals surface area contributed by atoms with E-state index < -0.39 is 6.35 Å². The first kappa shape index (κ1) is 21.3. The molecule has 4 aliphatic rings. The highest BCUT2D eigenvalue weighted by Crippen LogP contribution is 2.42. The number of piperidine rings is 1. The Balaban J connectivity index is 1.10. The molecule has 168 valence electrons. The Labute approximate surface area is 185 Å². The fourth-order valence-electron chi connectivity index (χ4n) is 5.75. The minimum atomic E-state index is -0.556. The van der Waals surface area contributed by atoms with Crippen LogP contribution < -0.4 is 5.32 Å². The Morgan fingerprint density at radius 3 is 2.48 bits per heavy atom. The highest BCUT2D eigenvalue weighted by Gasteiger charge is 2.51. The van der Waals surface area contributed by atoms with Gasteiger partial charge in [-0.15, -0.1) is 0 Å². The van der Waals surface area contributed by atoms with Gasteiger partial charge in [0.15, 0.2) is 6.35 Å². The molecule has 0 aromatic heterocycles. The third kappa shape index (κ3) is 4.51. The van der Waals surface area contributed by atoms with Crippen LogP contribution in [0.25, 0.3) is 0 Å². The molecule has 4 fully saturated rings. The number of morpholine rings is 1. The summed E-state index contributed by atoms with van der Waals surface area (Å²) in [5, 5.41) is 24.1. The van der Waals surface area contributed by atoms with Gasteiger partial charge in [0, 0.05) is 57.3 Å². The molecule has 0 bridgehead atoms. The maximum absolute atomic E-state index is 10.7. The van der Waals surface area contributed by atoms with Gasteiger partial charge in [-0.1, -0.05) is 30.3 Å². The lowest BCUT2D eigenvalue weighted by molar-refractivity contribution is -0.201. The number of ether oxygens (including phenoxy) is 1. The van der Waals surface area contributed by atoms with E-state index >= 15 is 0 Å². The number of nitriles is 1. The van der Waals surface area contributed by atoms with Gasteiger partial charge in [-0.2, -0.15) is 5.26 Å². The molecular weight excluding hydrogens is 390 g/mol. The molecule has 0 amide bonds. The summed E-state index contributed by atoms with van der Waals surface area (Å²) < 4.78 is 5.40. The van der Waals surface area contributed by atoms with E-state index in [0.29, 0.717) is 37.6 Å². The van der Waals surface area contributed by atoms with Gasteiger partial charge in [0.1, 0.15) is 0 Å². The van der Waals surface area contributed by atoms with Crippen molar-refractivity contribution in [2.75, 3.05) is 52.5 Å². The van der Waals surface area contributed by atoms with Crippen LogP contribution in [0.3, 0.4) is 0 Å². The molecule has 1 aromatic carbocycles. The van der Waals surface area contributed by atoms with Crippen molar-refractivity contribution in [3.8, 4) is 6.07 Å². The summed E-state index contributed by atoms with van der Waals surface area (Å²) in [4.78, 5) is 6.72. The quantitative estimate of drug-likeness (QED) is 0.679. The average molecular weight is 426 g/mol. The van der Waals surface area contributed by atoms with Crippen LogP contribution in [-0.2, 0) is 4.74 Å². The molecule has 3 saturated heterocycles. The standard InChI is InChI=1S/C24H35N5O2/c25-9-8-24(17-28(18-24)23(30)27-12-14-31-15-13-27)29-10-6-20(7-11-29)26-22-16-21(22)19-4-2-1-3-5-19/h1-5,20-23,26,30H,6-8,10-18H2/t21-,22-,23?/m1/s1. The molecule has 2 N–H and O–H groups in total. The molecule has 3 aliphatic heterocycles. The number of hydrogen-bond acceptors (Lipinski definition) is 7. The van der Waals surface area contributed by atoms with Gasteiger partial charge >= 0.3 is 0 Å². The predicted octanol–water partition coefficient (Wildman–Crippen LogP) is 1.17. The number of rotatable bonds is 7. The minimum absolute atomic E-state index is 0.0981. The Hall–Kier alpha value is -1.53. The van der Waals surface area contributed by atoms with E-state index in [1.165, 1.54) is 12.0 Å². The first-order valence-electron chi connectivity index (χ1n) is 11.9. The fourth-order valence-corrected chi connectivity index (χ4v) is 5.75. The van der Waals surface area contributed by atoms with Gasteiger partial charge in [0.25, 0.3) is 0 Å². The third-order valence-electron chi connectivity index (χ3n) is 7.74. The van der Waals surface area contributed by atoms with Crippen molar-refractivity contribution >= 4 is 0 Å². The van der Waals surface area contributed by atoms with Crippen LogP contribution in [0.4, 0.5) is 0 Å². The molecule has 3 heterocycles. The SMILES string of the molecule is N#CCC1(N2CCC(N[C@@H]3C[C@@H]3c3ccccc3)CC2)CN(C(O)N2CCOCC2)C1. The van der Waals surface area contributed by atoms with Crippen LogP contribution in [0.5, 0.6) is 0 Å². The van der Waals surface area contributed by atoms with Crippen molar-refractivity contribution in [2.45, 2.75) is 55.6 Å². The van der Waals surface area contributed by atoms with Crippen LogP contribution in [0, 0.1) is 11.3 Å².